The summed E-state index contributed by atoms with van der Waals surface area (Å²) in [6.45, 7) is 2.92. The number of halogens is 1. The van der Waals surface area contributed by atoms with E-state index in [0.717, 1.165) is 6.07 Å². The van der Waals surface area contributed by atoms with Crippen molar-refractivity contribution in [2.75, 3.05) is 0 Å². The van der Waals surface area contributed by atoms with Crippen molar-refractivity contribution in [3.8, 4) is 0 Å². The Morgan fingerprint density at radius 2 is 2.05 bits per heavy atom. The first kappa shape index (κ1) is 13.8. The Morgan fingerprint density at radius 1 is 1.42 bits per heavy atom. The number of oxazole rings is 1. The number of benzene rings is 1. The van der Waals surface area contributed by atoms with Crippen molar-refractivity contribution in [3.05, 3.63) is 28.7 Å². The number of hydrogen-bond donors (Lipinski definition) is 0. The van der Waals surface area contributed by atoms with Crippen LogP contribution in [-0.2, 0) is 13.8 Å². The lowest BCUT2D eigenvalue weighted by atomic mass is 10.2. The highest BCUT2D eigenvalue weighted by atomic mass is 35.7. The fraction of sp³-hybridized carbons (Fsp3) is 0.273. The van der Waals surface area contributed by atoms with Crippen LogP contribution in [-0.4, -0.2) is 18.8 Å². The maximum absolute atomic E-state index is 11.7. The molecule has 0 bridgehead atoms. The molecular weight excluding hydrogens is 294 g/mol. The zero-order valence-corrected chi connectivity index (χ0v) is 11.7. The molecule has 0 fully saturated rings. The summed E-state index contributed by atoms with van der Waals surface area (Å²) in [6.07, 6.45) is 0. The lowest BCUT2D eigenvalue weighted by Gasteiger charge is -2.08. The molecule has 2 rings (SSSR count). The Labute approximate surface area is 113 Å². The third-order valence-corrected chi connectivity index (χ3v) is 4.19. The van der Waals surface area contributed by atoms with Gasteiger partial charge in [-0.15, -0.1) is 0 Å². The maximum Gasteiger partial charge on any atom is 0.420 e. The summed E-state index contributed by atoms with van der Waals surface area (Å²) in [6, 6.07) is 3.10. The van der Waals surface area contributed by atoms with E-state index in [-0.39, 0.29) is 16.3 Å². The van der Waals surface area contributed by atoms with Crippen LogP contribution in [0.5, 0.6) is 0 Å². The lowest BCUT2D eigenvalue weighted by molar-refractivity contribution is -0.119. The van der Waals surface area contributed by atoms with Gasteiger partial charge in [-0.05, 0) is 26.0 Å². The SMILES string of the molecule is CC(=O)C(C)n1c(=O)oc2cc(S(=O)(=O)Cl)ccc21. The van der Waals surface area contributed by atoms with Gasteiger partial charge in [-0.2, -0.15) is 0 Å². The van der Waals surface area contributed by atoms with E-state index < -0.39 is 20.8 Å². The summed E-state index contributed by atoms with van der Waals surface area (Å²) in [5, 5.41) is 0. The van der Waals surface area contributed by atoms with Crippen molar-refractivity contribution in [1.82, 2.24) is 4.57 Å². The predicted octanol–water partition coefficient (Wildman–Crippen LogP) is 1.67. The van der Waals surface area contributed by atoms with Crippen molar-refractivity contribution in [2.24, 2.45) is 0 Å². The number of nitrogens with zero attached hydrogens (tertiary/aromatic N) is 1. The van der Waals surface area contributed by atoms with Gasteiger partial charge in [0.05, 0.1) is 16.5 Å². The van der Waals surface area contributed by atoms with Gasteiger partial charge >= 0.3 is 5.76 Å². The summed E-state index contributed by atoms with van der Waals surface area (Å²) in [4.78, 5) is 22.9. The fourth-order valence-corrected chi connectivity index (χ4v) is 2.48. The van der Waals surface area contributed by atoms with Gasteiger partial charge in [-0.25, -0.2) is 13.2 Å². The molecule has 1 aromatic heterocycles. The van der Waals surface area contributed by atoms with Gasteiger partial charge in [-0.1, -0.05) is 0 Å². The molecule has 2 aromatic rings. The standard InChI is InChI=1S/C11H10ClNO5S/c1-6(7(2)14)13-9-4-3-8(19(12,16)17)5-10(9)18-11(13)15/h3-6H,1-2H3. The molecule has 0 amide bonds. The van der Waals surface area contributed by atoms with Gasteiger partial charge in [-0.3, -0.25) is 9.36 Å². The summed E-state index contributed by atoms with van der Waals surface area (Å²) in [5.74, 6) is -0.930. The van der Waals surface area contributed by atoms with Gasteiger partial charge in [0, 0.05) is 16.7 Å². The van der Waals surface area contributed by atoms with Gasteiger partial charge in [0.25, 0.3) is 9.05 Å². The molecule has 0 saturated heterocycles. The van der Waals surface area contributed by atoms with E-state index in [0.29, 0.717) is 5.52 Å². The largest absolute Gasteiger partial charge is 0.420 e. The van der Waals surface area contributed by atoms with Crippen molar-refractivity contribution >= 4 is 36.6 Å². The minimum Gasteiger partial charge on any atom is -0.408 e. The number of carbonyl (C=O) groups is 1. The van der Waals surface area contributed by atoms with E-state index in [9.17, 15) is 18.0 Å². The Balaban J connectivity index is 2.74. The van der Waals surface area contributed by atoms with E-state index >= 15 is 0 Å². The molecule has 6 nitrogen and oxygen atoms in total. The molecule has 0 radical (unpaired) electrons. The van der Waals surface area contributed by atoms with Crippen LogP contribution in [0.3, 0.4) is 0 Å². The smallest absolute Gasteiger partial charge is 0.408 e. The molecule has 1 heterocycles. The third-order valence-electron chi connectivity index (χ3n) is 2.84. The number of carbonyl (C=O) groups excluding carboxylic acids is 1. The lowest BCUT2D eigenvalue weighted by Crippen LogP contribution is -2.23. The van der Waals surface area contributed by atoms with Gasteiger partial charge in [0.1, 0.15) is 0 Å². The minimum atomic E-state index is -3.90. The minimum absolute atomic E-state index is 0.0693. The van der Waals surface area contributed by atoms with E-state index in [4.69, 9.17) is 15.1 Å². The Bertz CT molecular complexity index is 817. The van der Waals surface area contributed by atoms with Crippen LogP contribution in [0.2, 0.25) is 0 Å². The molecule has 0 N–H and O–H groups in total. The molecule has 0 aliphatic rings. The zero-order valence-electron chi connectivity index (χ0n) is 10.1. The van der Waals surface area contributed by atoms with Crippen LogP contribution in [0.15, 0.2) is 32.3 Å². The highest BCUT2D eigenvalue weighted by Gasteiger charge is 2.20. The molecule has 1 unspecified atom stereocenters. The van der Waals surface area contributed by atoms with Crippen LogP contribution in [0.1, 0.15) is 19.9 Å². The van der Waals surface area contributed by atoms with E-state index in [2.05, 4.69) is 0 Å². The Kier molecular flexibility index (Phi) is 3.27. The molecule has 1 aromatic carbocycles. The highest BCUT2D eigenvalue weighted by molar-refractivity contribution is 8.13. The quantitative estimate of drug-likeness (QED) is 0.805. The predicted molar refractivity (Wildman–Crippen MR) is 68.9 cm³/mol. The van der Waals surface area contributed by atoms with Crippen LogP contribution < -0.4 is 5.76 Å². The summed E-state index contributed by atoms with van der Waals surface area (Å²) in [5.41, 5.74) is 0.414. The molecule has 102 valence electrons. The van der Waals surface area contributed by atoms with Crippen molar-refractivity contribution in [1.29, 1.82) is 0 Å². The second-order valence-electron chi connectivity index (χ2n) is 4.09. The molecule has 0 saturated carbocycles. The first-order valence-electron chi connectivity index (χ1n) is 5.32. The maximum atomic E-state index is 11.7. The second-order valence-corrected chi connectivity index (χ2v) is 6.66. The summed E-state index contributed by atoms with van der Waals surface area (Å²) < 4.78 is 28.5. The number of rotatable bonds is 3. The van der Waals surface area contributed by atoms with E-state index in [1.807, 2.05) is 0 Å². The fourth-order valence-electron chi connectivity index (χ4n) is 1.72. The third kappa shape index (κ3) is 2.43. The number of hydrogen-bond acceptors (Lipinski definition) is 5. The van der Waals surface area contributed by atoms with Gasteiger partial charge in [0.15, 0.2) is 11.4 Å². The normalized spacial score (nSPS) is 13.6. The van der Waals surface area contributed by atoms with Gasteiger partial charge in [0.2, 0.25) is 0 Å². The summed E-state index contributed by atoms with van der Waals surface area (Å²) in [7, 11) is 1.31. The molecule has 0 aliphatic carbocycles. The monoisotopic (exact) mass is 303 g/mol. The zero-order chi connectivity index (χ0) is 14.4. The highest BCUT2D eigenvalue weighted by Crippen LogP contribution is 2.23. The average molecular weight is 304 g/mol. The van der Waals surface area contributed by atoms with Crippen LogP contribution in [0, 0.1) is 0 Å². The first-order valence-corrected chi connectivity index (χ1v) is 7.63. The second kappa shape index (κ2) is 4.50. The number of aromatic nitrogens is 1. The average Bonchev–Trinajstić information content (AvgIpc) is 2.61. The molecule has 19 heavy (non-hydrogen) atoms. The molecule has 0 spiro atoms. The summed E-state index contributed by atoms with van der Waals surface area (Å²) >= 11 is 0. The number of Topliss-reactive ketones (excluding diaryl/α,β-unsaturated/α-hetero) is 1. The van der Waals surface area contributed by atoms with Crippen molar-refractivity contribution in [2.45, 2.75) is 24.8 Å². The van der Waals surface area contributed by atoms with Crippen LogP contribution >= 0.6 is 10.7 Å². The van der Waals surface area contributed by atoms with Crippen molar-refractivity contribution < 1.29 is 17.6 Å². The van der Waals surface area contributed by atoms with Crippen LogP contribution in [0.4, 0.5) is 0 Å². The van der Waals surface area contributed by atoms with Gasteiger partial charge < -0.3 is 4.42 Å². The Morgan fingerprint density at radius 3 is 2.58 bits per heavy atom. The molecule has 0 aliphatic heterocycles. The Hall–Kier alpha value is -1.60. The first-order chi connectivity index (χ1) is 8.71. The number of fused-ring (bicyclic) bond motifs is 1. The topological polar surface area (TPSA) is 86.3 Å². The van der Waals surface area contributed by atoms with Crippen LogP contribution in [0.25, 0.3) is 11.1 Å². The molecule has 8 heteroatoms. The van der Waals surface area contributed by atoms with Crippen molar-refractivity contribution in [3.63, 3.8) is 0 Å². The van der Waals surface area contributed by atoms with E-state index in [1.54, 1.807) is 6.92 Å². The van der Waals surface area contributed by atoms with E-state index in [1.165, 1.54) is 23.6 Å². The molecule has 1 atom stereocenters. The molecular formula is C11H10ClNO5S. The number of ketones is 1.